The Morgan fingerprint density at radius 3 is 3.19 bits per heavy atom. The Hall–Kier alpha value is -1.38. The molecule has 2 heterocycles. The maximum atomic E-state index is 5.26. The lowest BCUT2D eigenvalue weighted by Crippen LogP contribution is -2.46. The lowest BCUT2D eigenvalue weighted by Gasteiger charge is -2.42. The zero-order valence-electron chi connectivity index (χ0n) is 9.70. The number of nitrogens with zero attached hydrogens (tertiary/aromatic N) is 1. The molecule has 3 heteroatoms. The van der Waals surface area contributed by atoms with Crippen LogP contribution in [0.5, 0.6) is 5.75 Å². The van der Waals surface area contributed by atoms with Crippen LogP contribution in [0.15, 0.2) is 18.2 Å². The van der Waals surface area contributed by atoms with Crippen molar-refractivity contribution >= 4 is 11.4 Å². The zero-order valence-corrected chi connectivity index (χ0v) is 9.70. The average Bonchev–Trinajstić information content (AvgIpc) is 2.38. The summed E-state index contributed by atoms with van der Waals surface area (Å²) in [5, 5.41) is 3.51. The summed E-state index contributed by atoms with van der Waals surface area (Å²) in [6.07, 6.45) is 4.01. The zero-order chi connectivity index (χ0) is 11.0. The monoisotopic (exact) mass is 218 g/mol. The number of hydrogen-bond donors (Lipinski definition) is 1. The minimum absolute atomic E-state index is 0.689. The molecule has 1 aromatic carbocycles. The fraction of sp³-hybridized carbons (Fsp3) is 0.538. The van der Waals surface area contributed by atoms with E-state index in [1.54, 1.807) is 7.11 Å². The van der Waals surface area contributed by atoms with Crippen molar-refractivity contribution in [2.75, 3.05) is 30.4 Å². The highest BCUT2D eigenvalue weighted by molar-refractivity contribution is 5.74. The number of benzene rings is 1. The van der Waals surface area contributed by atoms with Crippen molar-refractivity contribution < 1.29 is 4.74 Å². The minimum Gasteiger partial charge on any atom is -0.497 e. The third kappa shape index (κ3) is 1.51. The van der Waals surface area contributed by atoms with Gasteiger partial charge in [-0.3, -0.25) is 0 Å². The first-order chi connectivity index (χ1) is 7.88. The average molecular weight is 218 g/mol. The predicted octanol–water partition coefficient (Wildman–Crippen LogP) is 2.48. The maximum Gasteiger partial charge on any atom is 0.121 e. The Kier molecular flexibility index (Phi) is 2.39. The molecular formula is C13H18N2O. The molecule has 2 aliphatic rings. The molecule has 3 rings (SSSR count). The van der Waals surface area contributed by atoms with Gasteiger partial charge in [0.05, 0.1) is 18.5 Å². The third-order valence-corrected chi connectivity index (χ3v) is 3.67. The molecule has 1 unspecified atom stereocenters. The number of methoxy groups -OCH3 is 1. The van der Waals surface area contributed by atoms with Gasteiger partial charge in [-0.1, -0.05) is 0 Å². The lowest BCUT2D eigenvalue weighted by atomic mass is 9.98. The van der Waals surface area contributed by atoms with Gasteiger partial charge in [0.25, 0.3) is 0 Å². The Morgan fingerprint density at radius 2 is 2.31 bits per heavy atom. The van der Waals surface area contributed by atoms with Gasteiger partial charge >= 0.3 is 0 Å². The fourth-order valence-corrected chi connectivity index (χ4v) is 2.79. The molecule has 1 atom stereocenters. The first-order valence-corrected chi connectivity index (χ1v) is 6.07. The molecule has 3 nitrogen and oxygen atoms in total. The summed E-state index contributed by atoms with van der Waals surface area (Å²) in [5.41, 5.74) is 2.56. The highest BCUT2D eigenvalue weighted by Crippen LogP contribution is 2.37. The smallest absolute Gasteiger partial charge is 0.121 e. The van der Waals surface area contributed by atoms with Gasteiger partial charge in [-0.2, -0.15) is 0 Å². The molecule has 1 aromatic rings. The molecule has 1 saturated heterocycles. The van der Waals surface area contributed by atoms with E-state index in [-0.39, 0.29) is 0 Å². The van der Waals surface area contributed by atoms with Crippen LogP contribution in [-0.2, 0) is 0 Å². The van der Waals surface area contributed by atoms with Crippen molar-refractivity contribution in [2.24, 2.45) is 0 Å². The summed E-state index contributed by atoms with van der Waals surface area (Å²) in [5.74, 6) is 0.932. The number of hydrogen-bond acceptors (Lipinski definition) is 3. The van der Waals surface area contributed by atoms with Crippen molar-refractivity contribution in [1.29, 1.82) is 0 Å². The topological polar surface area (TPSA) is 24.5 Å². The second-order valence-corrected chi connectivity index (χ2v) is 4.61. The van der Waals surface area contributed by atoms with Gasteiger partial charge in [0, 0.05) is 25.2 Å². The number of rotatable bonds is 1. The summed E-state index contributed by atoms with van der Waals surface area (Å²) >= 11 is 0. The van der Waals surface area contributed by atoms with Crippen LogP contribution in [0.4, 0.5) is 11.4 Å². The van der Waals surface area contributed by atoms with Gasteiger partial charge < -0.3 is 15.0 Å². The second-order valence-electron chi connectivity index (χ2n) is 4.61. The first-order valence-electron chi connectivity index (χ1n) is 6.07. The lowest BCUT2D eigenvalue weighted by molar-refractivity contribution is 0.414. The molecule has 2 aliphatic heterocycles. The standard InChI is InChI=1S/C13H18N2O/c1-16-11-5-6-13-12(8-11)14-9-10-4-2-3-7-15(10)13/h5-6,8,10,14H,2-4,7,9H2,1H3. The van der Waals surface area contributed by atoms with Gasteiger partial charge in [-0.25, -0.2) is 0 Å². The summed E-state index contributed by atoms with van der Waals surface area (Å²) < 4.78 is 5.26. The van der Waals surface area contributed by atoms with Crippen molar-refractivity contribution in [2.45, 2.75) is 25.3 Å². The van der Waals surface area contributed by atoms with E-state index in [0.29, 0.717) is 6.04 Å². The van der Waals surface area contributed by atoms with Crippen LogP contribution in [0, 0.1) is 0 Å². The van der Waals surface area contributed by atoms with Gasteiger partial charge in [-0.15, -0.1) is 0 Å². The van der Waals surface area contributed by atoms with E-state index in [1.807, 2.05) is 0 Å². The van der Waals surface area contributed by atoms with Gasteiger partial charge in [-0.05, 0) is 31.4 Å². The second kappa shape index (κ2) is 3.89. The van der Waals surface area contributed by atoms with Gasteiger partial charge in [0.15, 0.2) is 0 Å². The van der Waals surface area contributed by atoms with Crippen molar-refractivity contribution in [3.63, 3.8) is 0 Å². The summed E-state index contributed by atoms with van der Waals surface area (Å²) in [7, 11) is 1.72. The molecule has 0 aliphatic carbocycles. The Morgan fingerprint density at radius 1 is 1.38 bits per heavy atom. The third-order valence-electron chi connectivity index (χ3n) is 3.67. The normalized spacial score (nSPS) is 23.1. The molecule has 0 radical (unpaired) electrons. The van der Waals surface area contributed by atoms with E-state index < -0.39 is 0 Å². The number of anilines is 2. The maximum absolute atomic E-state index is 5.26. The van der Waals surface area contributed by atoms with E-state index in [4.69, 9.17) is 4.74 Å². The SMILES string of the molecule is COc1ccc2c(c1)NCC1CCCCN21. The summed E-state index contributed by atoms with van der Waals surface area (Å²) in [4.78, 5) is 2.55. The van der Waals surface area contributed by atoms with E-state index in [1.165, 1.54) is 37.2 Å². The Balaban J connectivity index is 1.96. The molecule has 0 aromatic heterocycles. The van der Waals surface area contributed by atoms with Crippen LogP contribution in [0.2, 0.25) is 0 Å². The molecule has 16 heavy (non-hydrogen) atoms. The Labute approximate surface area is 96.4 Å². The van der Waals surface area contributed by atoms with Crippen LogP contribution in [-0.4, -0.2) is 26.2 Å². The van der Waals surface area contributed by atoms with Crippen molar-refractivity contribution in [1.82, 2.24) is 0 Å². The number of ether oxygens (including phenoxy) is 1. The van der Waals surface area contributed by atoms with E-state index in [2.05, 4.69) is 28.4 Å². The summed E-state index contributed by atoms with van der Waals surface area (Å²) in [6.45, 7) is 2.27. The molecule has 86 valence electrons. The van der Waals surface area contributed by atoms with Crippen LogP contribution < -0.4 is 15.0 Å². The number of fused-ring (bicyclic) bond motifs is 3. The first kappa shape index (κ1) is 9.82. The molecular weight excluding hydrogens is 200 g/mol. The predicted molar refractivity (Wildman–Crippen MR) is 66.5 cm³/mol. The molecule has 1 N–H and O–H groups in total. The van der Waals surface area contributed by atoms with Crippen LogP contribution >= 0.6 is 0 Å². The van der Waals surface area contributed by atoms with Gasteiger partial charge in [0.1, 0.15) is 5.75 Å². The molecule has 0 saturated carbocycles. The quantitative estimate of drug-likeness (QED) is 0.783. The van der Waals surface area contributed by atoms with E-state index in [9.17, 15) is 0 Å². The van der Waals surface area contributed by atoms with Crippen molar-refractivity contribution in [3.8, 4) is 5.75 Å². The molecule has 0 spiro atoms. The van der Waals surface area contributed by atoms with Crippen molar-refractivity contribution in [3.05, 3.63) is 18.2 Å². The summed E-state index contributed by atoms with van der Waals surface area (Å²) in [6, 6.07) is 7.02. The van der Waals surface area contributed by atoms with E-state index >= 15 is 0 Å². The number of nitrogens with one attached hydrogen (secondary N) is 1. The van der Waals surface area contributed by atoms with Crippen LogP contribution in [0.3, 0.4) is 0 Å². The molecule has 0 amide bonds. The van der Waals surface area contributed by atoms with Crippen LogP contribution in [0.25, 0.3) is 0 Å². The van der Waals surface area contributed by atoms with E-state index in [0.717, 1.165) is 12.3 Å². The fourth-order valence-electron chi connectivity index (χ4n) is 2.79. The Bertz CT molecular complexity index is 392. The number of piperidine rings is 1. The van der Waals surface area contributed by atoms with Crippen LogP contribution in [0.1, 0.15) is 19.3 Å². The van der Waals surface area contributed by atoms with Gasteiger partial charge in [0.2, 0.25) is 0 Å². The largest absolute Gasteiger partial charge is 0.497 e. The highest BCUT2D eigenvalue weighted by Gasteiger charge is 2.28. The highest BCUT2D eigenvalue weighted by atomic mass is 16.5. The molecule has 1 fully saturated rings. The minimum atomic E-state index is 0.689. The molecule has 0 bridgehead atoms.